The fourth-order valence-electron chi connectivity index (χ4n) is 5.48. The third-order valence-corrected chi connectivity index (χ3v) is 8.72. The van der Waals surface area contributed by atoms with Crippen LogP contribution < -0.4 is 0 Å². The second-order valence-corrected chi connectivity index (χ2v) is 14.4. The quantitative estimate of drug-likeness (QED) is 0.0903. The van der Waals surface area contributed by atoms with Crippen LogP contribution >= 0.6 is 15.9 Å². The molecule has 2 aliphatic heterocycles. The molecule has 11 atom stereocenters. The SMILES string of the molecule is CC(C)(CC(C)(Br)C(=O)OCc1cn(C2O[C@H](CO)[C@@H](O[C@@H]3O[C@H](CO)[C@H](O)[C@H](O)[C@H]3O)[C@H](O)[C@H]2O)nn1)C(=O)OCc1ccccc1. The molecule has 2 fully saturated rings. The van der Waals surface area contributed by atoms with Crippen molar-refractivity contribution in [2.45, 2.75) is 106 Å². The molecule has 3 heterocycles. The van der Waals surface area contributed by atoms with Crippen molar-refractivity contribution in [3.05, 3.63) is 47.8 Å². The number of hydrogen-bond donors (Lipinski definition) is 7. The number of aromatic nitrogens is 3. The maximum Gasteiger partial charge on any atom is 0.323 e. The van der Waals surface area contributed by atoms with Gasteiger partial charge < -0.3 is 59.4 Å². The molecule has 0 spiro atoms. The highest BCUT2D eigenvalue weighted by molar-refractivity contribution is 9.10. The van der Waals surface area contributed by atoms with E-state index in [1.807, 2.05) is 30.3 Å². The van der Waals surface area contributed by atoms with Gasteiger partial charge in [-0.25, -0.2) is 4.68 Å². The minimum absolute atomic E-state index is 0.0358. The van der Waals surface area contributed by atoms with E-state index in [-0.39, 0.29) is 25.3 Å². The number of carbonyl (C=O) groups excluding carboxylic acids is 2. The standard InChI is InChI=1S/C30H42BrN3O14/c1-29(2,27(42)44-12-15-7-5-4-6-8-15)14-30(3,31)28(43)45-13-16-9-34(33-32-16)25-22(40)21(39)24(18(11-36)46-25)48-26-23(41)20(38)19(37)17(10-35)47-26/h4-9,17-26,35-41H,10-14H2,1-3H3/t17-,18-,19+,20+,21-,22-,23-,24-,25?,26+,30?/m1/s1. The molecule has 268 valence electrons. The minimum atomic E-state index is -1.80. The summed E-state index contributed by atoms with van der Waals surface area (Å²) in [4.78, 5) is 25.8. The molecular formula is C30H42BrN3O14. The highest BCUT2D eigenvalue weighted by atomic mass is 79.9. The summed E-state index contributed by atoms with van der Waals surface area (Å²) >= 11 is 3.37. The summed E-state index contributed by atoms with van der Waals surface area (Å²) in [6, 6.07) is 9.18. The molecule has 2 saturated heterocycles. The maximum absolute atomic E-state index is 13.0. The second-order valence-electron chi connectivity index (χ2n) is 12.6. The largest absolute Gasteiger partial charge is 0.460 e. The number of benzene rings is 1. The van der Waals surface area contributed by atoms with Gasteiger partial charge in [0.05, 0.1) is 24.8 Å². The summed E-state index contributed by atoms with van der Waals surface area (Å²) in [7, 11) is 0. The van der Waals surface area contributed by atoms with Crippen molar-refractivity contribution < 1.29 is 69.0 Å². The number of nitrogens with zero attached hydrogens (tertiary/aromatic N) is 3. The van der Waals surface area contributed by atoms with Crippen molar-refractivity contribution in [3.8, 4) is 0 Å². The number of esters is 2. The Morgan fingerprint density at radius 2 is 1.50 bits per heavy atom. The Morgan fingerprint density at radius 3 is 2.15 bits per heavy atom. The molecule has 48 heavy (non-hydrogen) atoms. The van der Waals surface area contributed by atoms with Gasteiger partial charge in [0.15, 0.2) is 12.5 Å². The molecule has 1 aromatic carbocycles. The Morgan fingerprint density at radius 1 is 0.854 bits per heavy atom. The first-order chi connectivity index (χ1) is 22.6. The molecule has 18 heteroatoms. The summed E-state index contributed by atoms with van der Waals surface area (Å²) in [6.45, 7) is 3.15. The van der Waals surface area contributed by atoms with Gasteiger partial charge in [0.25, 0.3) is 0 Å². The van der Waals surface area contributed by atoms with Crippen molar-refractivity contribution in [2.75, 3.05) is 13.2 Å². The van der Waals surface area contributed by atoms with Crippen LogP contribution in [0.5, 0.6) is 0 Å². The number of alkyl halides is 1. The molecule has 0 radical (unpaired) electrons. The van der Waals surface area contributed by atoms with Crippen molar-refractivity contribution in [3.63, 3.8) is 0 Å². The molecule has 2 aliphatic rings. The van der Waals surface area contributed by atoms with Crippen LogP contribution in [0.2, 0.25) is 0 Å². The fraction of sp³-hybridized carbons (Fsp3) is 0.667. The second kappa shape index (κ2) is 15.9. The number of carbonyl (C=O) groups is 2. The van der Waals surface area contributed by atoms with Crippen LogP contribution in [0.1, 0.15) is 44.7 Å². The minimum Gasteiger partial charge on any atom is -0.460 e. The zero-order valence-electron chi connectivity index (χ0n) is 26.5. The summed E-state index contributed by atoms with van der Waals surface area (Å²) in [6.07, 6.45) is -14.5. The van der Waals surface area contributed by atoms with E-state index in [9.17, 15) is 45.3 Å². The maximum atomic E-state index is 13.0. The van der Waals surface area contributed by atoms with Gasteiger partial charge in [0.1, 0.15) is 72.1 Å². The summed E-state index contributed by atoms with van der Waals surface area (Å²) < 4.78 is 27.2. The summed E-state index contributed by atoms with van der Waals surface area (Å²) in [5, 5.41) is 79.3. The van der Waals surface area contributed by atoms with Gasteiger partial charge in [-0.15, -0.1) is 5.10 Å². The Labute approximate surface area is 284 Å². The third kappa shape index (κ3) is 8.75. The lowest BCUT2D eigenvalue weighted by atomic mass is 9.83. The average Bonchev–Trinajstić information content (AvgIpc) is 3.53. The number of ether oxygens (including phenoxy) is 5. The third-order valence-electron chi connectivity index (χ3n) is 8.11. The van der Waals surface area contributed by atoms with Gasteiger partial charge >= 0.3 is 11.9 Å². The van der Waals surface area contributed by atoms with Crippen molar-refractivity contribution in [2.24, 2.45) is 5.41 Å². The van der Waals surface area contributed by atoms with E-state index >= 15 is 0 Å². The summed E-state index contributed by atoms with van der Waals surface area (Å²) in [5.41, 5.74) is -0.0962. The van der Waals surface area contributed by atoms with E-state index in [1.165, 1.54) is 6.20 Å². The first-order valence-corrected chi connectivity index (χ1v) is 16.0. The van der Waals surface area contributed by atoms with E-state index in [0.29, 0.717) is 0 Å². The molecular weight excluding hydrogens is 706 g/mol. The van der Waals surface area contributed by atoms with Crippen LogP contribution in [0.25, 0.3) is 0 Å². The normalized spacial score (nSPS) is 32.3. The van der Waals surface area contributed by atoms with Crippen LogP contribution in [0.15, 0.2) is 36.5 Å². The van der Waals surface area contributed by atoms with E-state index < -0.39 is 96.2 Å². The van der Waals surface area contributed by atoms with Crippen LogP contribution in [-0.2, 0) is 46.5 Å². The number of rotatable bonds is 13. The van der Waals surface area contributed by atoms with Crippen molar-refractivity contribution >= 4 is 27.9 Å². The Kier molecular flexibility index (Phi) is 12.7. The summed E-state index contributed by atoms with van der Waals surface area (Å²) in [5.74, 6) is -1.19. The lowest BCUT2D eigenvalue weighted by Crippen LogP contribution is -2.63. The van der Waals surface area contributed by atoms with Gasteiger partial charge in [-0.2, -0.15) is 0 Å². The van der Waals surface area contributed by atoms with Gasteiger partial charge in [0, 0.05) is 0 Å². The molecule has 1 aromatic heterocycles. The monoisotopic (exact) mass is 747 g/mol. The van der Waals surface area contributed by atoms with Gasteiger partial charge in [-0.3, -0.25) is 9.59 Å². The van der Waals surface area contributed by atoms with Crippen LogP contribution in [-0.4, -0.2) is 135 Å². The van der Waals surface area contributed by atoms with Crippen LogP contribution in [0.4, 0.5) is 0 Å². The van der Waals surface area contributed by atoms with E-state index in [2.05, 4.69) is 26.2 Å². The topological polar surface area (TPSA) is 253 Å². The van der Waals surface area contributed by atoms with Gasteiger partial charge in [-0.05, 0) is 32.8 Å². The molecule has 0 aliphatic carbocycles. The molecule has 7 N–H and O–H groups in total. The van der Waals surface area contributed by atoms with Crippen molar-refractivity contribution in [1.29, 1.82) is 0 Å². The molecule has 0 amide bonds. The van der Waals surface area contributed by atoms with Crippen LogP contribution in [0, 0.1) is 5.41 Å². The predicted octanol–water partition coefficient (Wildman–Crippen LogP) is -1.57. The van der Waals surface area contributed by atoms with E-state index in [1.54, 1.807) is 20.8 Å². The Bertz CT molecular complexity index is 1360. The number of halogens is 1. The Hall–Kier alpha value is -2.62. The lowest BCUT2D eigenvalue weighted by Gasteiger charge is -2.45. The van der Waals surface area contributed by atoms with Crippen molar-refractivity contribution in [1.82, 2.24) is 15.0 Å². The lowest BCUT2D eigenvalue weighted by molar-refractivity contribution is -0.347. The van der Waals surface area contributed by atoms with Gasteiger partial charge in [-0.1, -0.05) is 51.5 Å². The first-order valence-electron chi connectivity index (χ1n) is 15.2. The zero-order chi connectivity index (χ0) is 35.4. The Balaban J connectivity index is 1.33. The molecule has 0 saturated carbocycles. The molecule has 17 nitrogen and oxygen atoms in total. The highest BCUT2D eigenvalue weighted by Crippen LogP contribution is 2.37. The number of aliphatic hydroxyl groups excluding tert-OH is 7. The molecule has 2 aromatic rings. The highest BCUT2D eigenvalue weighted by Gasteiger charge is 2.51. The predicted molar refractivity (Wildman–Crippen MR) is 163 cm³/mol. The van der Waals surface area contributed by atoms with Gasteiger partial charge in [0.2, 0.25) is 0 Å². The van der Waals surface area contributed by atoms with Crippen LogP contribution in [0.3, 0.4) is 0 Å². The zero-order valence-corrected chi connectivity index (χ0v) is 28.1. The smallest absolute Gasteiger partial charge is 0.323 e. The fourth-order valence-corrected chi connectivity index (χ4v) is 6.29. The number of hydrogen-bond acceptors (Lipinski definition) is 16. The molecule has 0 bridgehead atoms. The molecule has 4 rings (SSSR count). The average molecular weight is 749 g/mol. The van der Waals surface area contributed by atoms with E-state index in [0.717, 1.165) is 10.2 Å². The first kappa shape index (κ1) is 38.2. The number of aliphatic hydroxyl groups is 7. The van der Waals surface area contributed by atoms with E-state index in [4.69, 9.17) is 23.7 Å². The molecule has 2 unspecified atom stereocenters.